The van der Waals surface area contributed by atoms with Gasteiger partial charge >= 0.3 is 0 Å². The Morgan fingerprint density at radius 1 is 1.07 bits per heavy atom. The van der Waals surface area contributed by atoms with Crippen molar-refractivity contribution in [2.75, 3.05) is 11.9 Å². The van der Waals surface area contributed by atoms with E-state index in [2.05, 4.69) is 22.5 Å². The fourth-order valence-electron chi connectivity index (χ4n) is 3.74. The molecule has 0 unspecified atom stereocenters. The molecular formula is C24H26N4O2. The van der Waals surface area contributed by atoms with Crippen LogP contribution in [0, 0.1) is 13.8 Å². The van der Waals surface area contributed by atoms with Gasteiger partial charge in [0, 0.05) is 19.5 Å². The van der Waals surface area contributed by atoms with Crippen LogP contribution in [0.2, 0.25) is 0 Å². The number of anilines is 1. The van der Waals surface area contributed by atoms with E-state index < -0.39 is 0 Å². The first-order valence-electron chi connectivity index (χ1n) is 10.3. The molecule has 1 N–H and O–H groups in total. The zero-order valence-corrected chi connectivity index (χ0v) is 17.6. The lowest BCUT2D eigenvalue weighted by Crippen LogP contribution is -2.36. The van der Waals surface area contributed by atoms with Crippen molar-refractivity contribution in [2.45, 2.75) is 40.2 Å². The Balaban J connectivity index is 1.70. The zero-order valence-electron chi connectivity index (χ0n) is 17.6. The summed E-state index contributed by atoms with van der Waals surface area (Å²) < 4.78 is 1.64. The molecule has 0 fully saturated rings. The SMILES string of the molecule is CCC(=O)Nc1c(C(=O)N2CCc3ccccc3C2)cnn1-c1ccc(C)c(C)c1. The quantitative estimate of drug-likeness (QED) is 0.716. The molecule has 2 amide bonds. The molecule has 0 atom stereocenters. The van der Waals surface area contributed by atoms with Gasteiger partial charge in [-0.05, 0) is 54.7 Å². The number of nitrogens with zero attached hydrogens (tertiary/aromatic N) is 3. The van der Waals surface area contributed by atoms with Crippen molar-refractivity contribution in [3.63, 3.8) is 0 Å². The molecule has 0 radical (unpaired) electrons. The van der Waals surface area contributed by atoms with E-state index in [1.807, 2.05) is 49.1 Å². The van der Waals surface area contributed by atoms with Crippen molar-refractivity contribution in [3.8, 4) is 5.69 Å². The third-order valence-corrected chi connectivity index (χ3v) is 5.73. The number of benzene rings is 2. The largest absolute Gasteiger partial charge is 0.334 e. The molecule has 154 valence electrons. The molecule has 1 aromatic heterocycles. The predicted molar refractivity (Wildman–Crippen MR) is 117 cm³/mol. The summed E-state index contributed by atoms with van der Waals surface area (Å²) in [5.41, 5.74) is 5.97. The van der Waals surface area contributed by atoms with Gasteiger partial charge in [-0.2, -0.15) is 5.10 Å². The Morgan fingerprint density at radius 3 is 2.57 bits per heavy atom. The molecule has 6 heteroatoms. The van der Waals surface area contributed by atoms with E-state index in [1.165, 1.54) is 11.1 Å². The molecule has 0 aliphatic carbocycles. The summed E-state index contributed by atoms with van der Waals surface area (Å²) in [5, 5.41) is 7.35. The van der Waals surface area contributed by atoms with E-state index in [0.717, 1.165) is 23.2 Å². The smallest absolute Gasteiger partial charge is 0.259 e. The molecule has 6 nitrogen and oxygen atoms in total. The van der Waals surface area contributed by atoms with Gasteiger partial charge in [0.05, 0.1) is 11.9 Å². The van der Waals surface area contributed by atoms with Gasteiger partial charge in [-0.1, -0.05) is 37.3 Å². The van der Waals surface area contributed by atoms with Crippen molar-refractivity contribution in [1.82, 2.24) is 14.7 Å². The van der Waals surface area contributed by atoms with Crippen molar-refractivity contribution < 1.29 is 9.59 Å². The number of aromatic nitrogens is 2. The maximum atomic E-state index is 13.4. The highest BCUT2D eigenvalue weighted by Crippen LogP contribution is 2.26. The summed E-state index contributed by atoms with van der Waals surface area (Å²) in [6.45, 7) is 7.07. The third-order valence-electron chi connectivity index (χ3n) is 5.73. The topological polar surface area (TPSA) is 67.2 Å². The van der Waals surface area contributed by atoms with Gasteiger partial charge in [-0.3, -0.25) is 9.59 Å². The van der Waals surface area contributed by atoms with Crippen LogP contribution < -0.4 is 5.32 Å². The molecule has 0 spiro atoms. The van der Waals surface area contributed by atoms with E-state index in [1.54, 1.807) is 17.8 Å². The van der Waals surface area contributed by atoms with Gasteiger partial charge in [0.15, 0.2) is 0 Å². The zero-order chi connectivity index (χ0) is 21.3. The van der Waals surface area contributed by atoms with Crippen molar-refractivity contribution in [2.24, 2.45) is 0 Å². The summed E-state index contributed by atoms with van der Waals surface area (Å²) in [6, 6.07) is 14.2. The van der Waals surface area contributed by atoms with E-state index in [0.29, 0.717) is 30.9 Å². The van der Waals surface area contributed by atoms with Crippen LogP contribution in [0.3, 0.4) is 0 Å². The first-order chi connectivity index (χ1) is 14.5. The summed E-state index contributed by atoms with van der Waals surface area (Å²) in [7, 11) is 0. The number of aryl methyl sites for hydroxylation is 2. The molecule has 3 aromatic rings. The van der Waals surface area contributed by atoms with Gasteiger partial charge in [0.2, 0.25) is 5.91 Å². The predicted octanol–water partition coefficient (Wildman–Crippen LogP) is 4.04. The van der Waals surface area contributed by atoms with Gasteiger partial charge in [0.25, 0.3) is 5.91 Å². The number of nitrogens with one attached hydrogen (secondary N) is 1. The minimum Gasteiger partial charge on any atom is -0.334 e. The van der Waals surface area contributed by atoms with Crippen LogP contribution >= 0.6 is 0 Å². The first kappa shape index (κ1) is 19.9. The van der Waals surface area contributed by atoms with Crippen LogP contribution in [0.15, 0.2) is 48.7 Å². The second kappa shape index (κ2) is 8.14. The Hall–Kier alpha value is -3.41. The van der Waals surface area contributed by atoms with Crippen LogP contribution in [0.5, 0.6) is 0 Å². The maximum absolute atomic E-state index is 13.4. The van der Waals surface area contributed by atoms with Gasteiger partial charge < -0.3 is 10.2 Å². The minimum absolute atomic E-state index is 0.119. The normalized spacial score (nSPS) is 13.1. The van der Waals surface area contributed by atoms with E-state index in [4.69, 9.17) is 0 Å². The molecule has 2 aromatic carbocycles. The molecule has 4 rings (SSSR count). The van der Waals surface area contributed by atoms with Crippen LogP contribution in [0.25, 0.3) is 5.69 Å². The van der Waals surface area contributed by atoms with Crippen molar-refractivity contribution >= 4 is 17.6 Å². The maximum Gasteiger partial charge on any atom is 0.259 e. The van der Waals surface area contributed by atoms with Crippen LogP contribution in [0.1, 0.15) is 46.0 Å². The summed E-state index contributed by atoms with van der Waals surface area (Å²) in [5.74, 6) is 0.151. The Labute approximate surface area is 176 Å². The second-order valence-corrected chi connectivity index (χ2v) is 7.73. The average molecular weight is 402 g/mol. The highest BCUT2D eigenvalue weighted by atomic mass is 16.2. The lowest BCUT2D eigenvalue weighted by Gasteiger charge is -2.29. The summed E-state index contributed by atoms with van der Waals surface area (Å²) in [6.07, 6.45) is 2.70. The molecule has 0 saturated carbocycles. The van der Waals surface area contributed by atoms with Crippen molar-refractivity contribution in [1.29, 1.82) is 0 Å². The molecule has 0 bridgehead atoms. The fraction of sp³-hybridized carbons (Fsp3) is 0.292. The minimum atomic E-state index is -0.154. The molecular weight excluding hydrogens is 376 g/mol. The Morgan fingerprint density at radius 2 is 1.83 bits per heavy atom. The number of hydrogen-bond acceptors (Lipinski definition) is 3. The van der Waals surface area contributed by atoms with E-state index in [9.17, 15) is 9.59 Å². The second-order valence-electron chi connectivity index (χ2n) is 7.73. The summed E-state index contributed by atoms with van der Waals surface area (Å²) >= 11 is 0. The number of rotatable bonds is 4. The average Bonchev–Trinajstić information content (AvgIpc) is 3.18. The van der Waals surface area contributed by atoms with Gasteiger partial charge in [-0.25, -0.2) is 4.68 Å². The van der Waals surface area contributed by atoms with E-state index >= 15 is 0 Å². The number of amides is 2. The molecule has 1 aliphatic heterocycles. The number of carbonyl (C=O) groups excluding carboxylic acids is 2. The third kappa shape index (κ3) is 3.73. The Bertz CT molecular complexity index is 1120. The van der Waals surface area contributed by atoms with Gasteiger partial charge in [0.1, 0.15) is 11.4 Å². The van der Waals surface area contributed by atoms with Crippen LogP contribution in [-0.2, 0) is 17.8 Å². The van der Waals surface area contributed by atoms with Crippen LogP contribution in [-0.4, -0.2) is 33.0 Å². The highest BCUT2D eigenvalue weighted by Gasteiger charge is 2.27. The lowest BCUT2D eigenvalue weighted by atomic mass is 9.99. The number of fused-ring (bicyclic) bond motifs is 1. The van der Waals surface area contributed by atoms with Crippen LogP contribution in [0.4, 0.5) is 5.82 Å². The Kier molecular flexibility index (Phi) is 5.40. The first-order valence-corrected chi connectivity index (χ1v) is 10.3. The number of hydrogen-bond donors (Lipinski definition) is 1. The lowest BCUT2D eigenvalue weighted by molar-refractivity contribution is -0.115. The highest BCUT2D eigenvalue weighted by molar-refractivity contribution is 6.03. The molecule has 1 aliphatic rings. The number of carbonyl (C=O) groups is 2. The molecule has 0 saturated heterocycles. The molecule has 30 heavy (non-hydrogen) atoms. The van der Waals surface area contributed by atoms with Crippen molar-refractivity contribution in [3.05, 3.63) is 76.5 Å². The monoisotopic (exact) mass is 402 g/mol. The fourth-order valence-corrected chi connectivity index (χ4v) is 3.74. The van der Waals surface area contributed by atoms with Gasteiger partial charge in [-0.15, -0.1) is 0 Å². The standard InChI is InChI=1S/C24H26N4O2/c1-4-22(29)26-23-21(14-25-28(23)20-10-9-16(2)17(3)13-20)24(30)27-12-11-18-7-5-6-8-19(18)15-27/h5-10,13-14H,4,11-12,15H2,1-3H3,(H,26,29). The molecule has 2 heterocycles. The summed E-state index contributed by atoms with van der Waals surface area (Å²) in [4.78, 5) is 27.4. The van der Waals surface area contributed by atoms with E-state index in [-0.39, 0.29) is 11.8 Å².